The molecule has 2 aromatic rings. The predicted octanol–water partition coefficient (Wildman–Crippen LogP) is 4.24. The highest BCUT2D eigenvalue weighted by Gasteiger charge is 2.43. The highest BCUT2D eigenvalue weighted by atomic mass is 79.9. The number of rotatable bonds is 6. The van der Waals surface area contributed by atoms with Crippen LogP contribution in [0.25, 0.3) is 0 Å². The number of benzene rings is 1. The van der Waals surface area contributed by atoms with E-state index in [1.165, 1.54) is 0 Å². The summed E-state index contributed by atoms with van der Waals surface area (Å²) in [6.45, 7) is 8.71. The molecule has 0 radical (unpaired) electrons. The highest BCUT2D eigenvalue weighted by Crippen LogP contribution is 2.34. The van der Waals surface area contributed by atoms with Crippen molar-refractivity contribution in [2.24, 2.45) is 11.1 Å². The van der Waals surface area contributed by atoms with E-state index in [0.29, 0.717) is 43.8 Å². The topological polar surface area (TPSA) is 93.0 Å². The number of nitriles is 1. The first kappa shape index (κ1) is 27.1. The molecule has 196 valence electrons. The van der Waals surface area contributed by atoms with E-state index in [0.717, 1.165) is 52.0 Å². The van der Waals surface area contributed by atoms with Crippen LogP contribution in [-0.4, -0.2) is 65.0 Å². The first-order valence-electron chi connectivity index (χ1n) is 12.9. The van der Waals surface area contributed by atoms with Crippen LogP contribution in [0.3, 0.4) is 0 Å². The second kappa shape index (κ2) is 11.6. The Hall–Kier alpha value is -2.96. The highest BCUT2D eigenvalue weighted by molar-refractivity contribution is 9.10. The Bertz CT molecular complexity index is 1190. The Morgan fingerprint density at radius 3 is 2.43 bits per heavy atom. The molecular formula is C28H35BrN5O3+. The first-order valence-corrected chi connectivity index (χ1v) is 13.7. The van der Waals surface area contributed by atoms with Crippen molar-refractivity contribution in [3.63, 3.8) is 0 Å². The standard InChI is InChI=1S/C28H35BrN5O3/c1-4-37-31-26(22-5-7-24(29)8-6-22)23-10-14-33(15-11-23)28(19-30)12-17-32(18-13-28)27(35)25-20(2)9-16-34(36)21(25)3/h5-9,16,23,36H,4,10-15,17-18H2,1-3H3/q+1/b31-26+. The molecule has 9 heteroatoms. The molecule has 1 aromatic carbocycles. The third-order valence-electron chi connectivity index (χ3n) is 7.78. The van der Waals surface area contributed by atoms with Crippen molar-refractivity contribution in [1.29, 1.82) is 5.26 Å². The second-order valence-electron chi connectivity index (χ2n) is 9.90. The average molecular weight is 570 g/mol. The van der Waals surface area contributed by atoms with E-state index >= 15 is 0 Å². The van der Waals surface area contributed by atoms with Crippen molar-refractivity contribution >= 4 is 27.5 Å². The summed E-state index contributed by atoms with van der Waals surface area (Å²) in [6, 6.07) is 12.5. The van der Waals surface area contributed by atoms with Crippen LogP contribution < -0.4 is 4.73 Å². The third-order valence-corrected chi connectivity index (χ3v) is 8.31. The van der Waals surface area contributed by atoms with Crippen LogP contribution in [0.2, 0.25) is 0 Å². The molecule has 2 aliphatic rings. The molecule has 2 fully saturated rings. The Balaban J connectivity index is 1.42. The maximum Gasteiger partial charge on any atom is 0.260 e. The van der Waals surface area contributed by atoms with Crippen LogP contribution >= 0.6 is 15.9 Å². The van der Waals surface area contributed by atoms with Crippen molar-refractivity contribution in [3.8, 4) is 6.07 Å². The average Bonchev–Trinajstić information content (AvgIpc) is 2.92. The largest absolute Gasteiger partial charge is 0.396 e. The number of halogens is 1. The van der Waals surface area contributed by atoms with Gasteiger partial charge >= 0.3 is 0 Å². The van der Waals surface area contributed by atoms with Crippen LogP contribution in [0.4, 0.5) is 0 Å². The summed E-state index contributed by atoms with van der Waals surface area (Å²) in [7, 11) is 0. The molecule has 0 atom stereocenters. The Kier molecular flexibility index (Phi) is 8.50. The maximum atomic E-state index is 13.3. The van der Waals surface area contributed by atoms with Gasteiger partial charge in [-0.05, 0) is 62.8 Å². The normalized spacial score (nSPS) is 18.9. The number of likely N-dealkylation sites (tertiary alicyclic amines) is 2. The van der Waals surface area contributed by atoms with E-state index in [2.05, 4.69) is 44.2 Å². The van der Waals surface area contributed by atoms with Gasteiger partial charge in [0.15, 0.2) is 0 Å². The molecule has 1 amide bonds. The molecule has 0 aliphatic carbocycles. The van der Waals surface area contributed by atoms with Crippen molar-refractivity contribution in [2.75, 3.05) is 32.8 Å². The molecule has 37 heavy (non-hydrogen) atoms. The summed E-state index contributed by atoms with van der Waals surface area (Å²) >= 11 is 3.50. The van der Waals surface area contributed by atoms with Gasteiger partial charge < -0.3 is 9.74 Å². The number of pyridine rings is 1. The minimum atomic E-state index is -0.575. The fourth-order valence-corrected chi connectivity index (χ4v) is 5.80. The molecule has 1 N–H and O–H groups in total. The minimum absolute atomic E-state index is 0.0880. The summed E-state index contributed by atoms with van der Waals surface area (Å²) in [5, 5.41) is 24.8. The van der Waals surface area contributed by atoms with Gasteiger partial charge in [-0.3, -0.25) is 14.9 Å². The van der Waals surface area contributed by atoms with Gasteiger partial charge in [0.2, 0.25) is 11.9 Å². The van der Waals surface area contributed by atoms with Gasteiger partial charge in [0, 0.05) is 54.3 Å². The number of amides is 1. The van der Waals surface area contributed by atoms with Gasteiger partial charge in [-0.1, -0.05) is 33.2 Å². The van der Waals surface area contributed by atoms with Crippen LogP contribution in [-0.2, 0) is 4.84 Å². The van der Waals surface area contributed by atoms with Gasteiger partial charge in [-0.25, -0.2) is 0 Å². The van der Waals surface area contributed by atoms with Crippen LogP contribution in [0.15, 0.2) is 46.2 Å². The summed E-state index contributed by atoms with van der Waals surface area (Å²) in [4.78, 5) is 22.9. The lowest BCUT2D eigenvalue weighted by atomic mass is 9.82. The number of hydrogen-bond donors (Lipinski definition) is 1. The third kappa shape index (κ3) is 5.65. The van der Waals surface area contributed by atoms with E-state index in [9.17, 15) is 15.3 Å². The van der Waals surface area contributed by atoms with E-state index < -0.39 is 5.54 Å². The lowest BCUT2D eigenvalue weighted by molar-refractivity contribution is -0.908. The number of nitrogens with zero attached hydrogens (tertiary/aromatic N) is 5. The van der Waals surface area contributed by atoms with Gasteiger partial charge in [-0.2, -0.15) is 5.26 Å². The molecule has 4 rings (SSSR count). The van der Waals surface area contributed by atoms with E-state index in [4.69, 9.17) is 4.84 Å². The number of carbonyl (C=O) groups excluding carboxylic acids is 1. The fraction of sp³-hybridized carbons (Fsp3) is 0.500. The van der Waals surface area contributed by atoms with Gasteiger partial charge in [0.05, 0.1) is 11.8 Å². The molecule has 0 saturated carbocycles. The molecule has 0 spiro atoms. The van der Waals surface area contributed by atoms with Gasteiger partial charge in [-0.15, -0.1) is 0 Å². The Morgan fingerprint density at radius 2 is 1.84 bits per heavy atom. The number of oxime groups is 1. The number of hydrogen-bond acceptors (Lipinski definition) is 6. The number of carbonyl (C=O) groups is 1. The van der Waals surface area contributed by atoms with Crippen molar-refractivity contribution in [3.05, 3.63) is 63.4 Å². The summed E-state index contributed by atoms with van der Waals surface area (Å²) in [5.41, 5.74) is 3.35. The van der Waals surface area contributed by atoms with Crippen molar-refractivity contribution < 1.29 is 19.6 Å². The minimum Gasteiger partial charge on any atom is -0.396 e. The van der Waals surface area contributed by atoms with E-state index in [1.807, 2.05) is 30.9 Å². The van der Waals surface area contributed by atoms with Crippen LogP contribution in [0.5, 0.6) is 0 Å². The fourth-order valence-electron chi connectivity index (χ4n) is 5.54. The Morgan fingerprint density at radius 1 is 1.19 bits per heavy atom. The quantitative estimate of drug-likeness (QED) is 0.243. The monoisotopic (exact) mass is 568 g/mol. The molecule has 2 saturated heterocycles. The SMILES string of the molecule is CCO/N=C(\c1ccc(Br)cc1)C1CCN(C2(C#N)CCN(C(=O)c3c(C)cc[n+](O)c3C)CC2)CC1. The predicted molar refractivity (Wildman–Crippen MR) is 143 cm³/mol. The smallest absolute Gasteiger partial charge is 0.260 e. The molecule has 3 heterocycles. The van der Waals surface area contributed by atoms with E-state index in [1.54, 1.807) is 19.2 Å². The van der Waals surface area contributed by atoms with Gasteiger partial charge in [0.1, 0.15) is 17.7 Å². The Labute approximate surface area is 227 Å². The zero-order chi connectivity index (χ0) is 26.6. The van der Waals surface area contributed by atoms with E-state index in [-0.39, 0.29) is 11.8 Å². The lowest BCUT2D eigenvalue weighted by Gasteiger charge is -2.47. The van der Waals surface area contributed by atoms with Gasteiger partial charge in [0.25, 0.3) is 5.91 Å². The molecule has 8 nitrogen and oxygen atoms in total. The number of piperidine rings is 2. The number of aromatic nitrogens is 1. The maximum absolute atomic E-state index is 13.3. The molecule has 0 unspecified atom stereocenters. The number of aryl methyl sites for hydroxylation is 1. The summed E-state index contributed by atoms with van der Waals surface area (Å²) < 4.78 is 2.02. The van der Waals surface area contributed by atoms with Crippen molar-refractivity contribution in [2.45, 2.75) is 52.0 Å². The molecular weight excluding hydrogens is 534 g/mol. The lowest BCUT2D eigenvalue weighted by Crippen LogP contribution is -2.58. The zero-order valence-corrected chi connectivity index (χ0v) is 23.4. The zero-order valence-electron chi connectivity index (χ0n) is 21.8. The molecule has 1 aromatic heterocycles. The summed E-state index contributed by atoms with van der Waals surface area (Å²) in [5.74, 6) is 0.172. The van der Waals surface area contributed by atoms with Crippen LogP contribution in [0.1, 0.15) is 59.8 Å². The summed E-state index contributed by atoms with van der Waals surface area (Å²) in [6.07, 6.45) is 4.55. The molecule has 0 bridgehead atoms. The first-order chi connectivity index (χ1) is 17.8. The van der Waals surface area contributed by atoms with Crippen molar-refractivity contribution in [1.82, 2.24) is 9.80 Å². The molecule has 2 aliphatic heterocycles. The van der Waals surface area contributed by atoms with Crippen LogP contribution in [0, 0.1) is 31.1 Å². The second-order valence-corrected chi connectivity index (χ2v) is 10.8.